The fourth-order valence-electron chi connectivity index (χ4n) is 2.86. The zero-order valence-corrected chi connectivity index (χ0v) is 13.6. The lowest BCUT2D eigenvalue weighted by Gasteiger charge is -2.34. The molecule has 24 heavy (non-hydrogen) atoms. The molecule has 1 fully saturated rings. The third kappa shape index (κ3) is 3.13. The number of aromatic amines is 1. The molecule has 3 rings (SSSR count). The van der Waals surface area contributed by atoms with Crippen LogP contribution in [0.25, 0.3) is 0 Å². The summed E-state index contributed by atoms with van der Waals surface area (Å²) in [7, 11) is 0. The molecule has 0 aromatic carbocycles. The number of piperidine rings is 1. The topological polar surface area (TPSA) is 74.8 Å². The number of nitrogens with zero attached hydrogens (tertiary/aromatic N) is 4. The molecule has 1 saturated heterocycles. The van der Waals surface area contributed by atoms with Crippen LogP contribution in [-0.4, -0.2) is 37.5 Å². The predicted molar refractivity (Wildman–Crippen MR) is 82.3 cm³/mol. The number of carbonyl (C=O) groups is 1. The average Bonchev–Trinajstić information content (AvgIpc) is 3.04. The molecule has 0 saturated carbocycles. The van der Waals surface area contributed by atoms with Gasteiger partial charge in [0.15, 0.2) is 17.3 Å². The number of pyridine rings is 1. The maximum absolute atomic E-state index is 13.9. The van der Waals surface area contributed by atoms with E-state index in [2.05, 4.69) is 20.2 Å². The smallest absolute Gasteiger partial charge is 0.276 e. The van der Waals surface area contributed by atoms with Crippen molar-refractivity contribution in [2.24, 2.45) is 0 Å². The highest BCUT2D eigenvalue weighted by molar-refractivity contribution is 5.92. The van der Waals surface area contributed by atoms with E-state index in [1.54, 1.807) is 0 Å². The van der Waals surface area contributed by atoms with E-state index < -0.39 is 17.5 Å². The zero-order valence-electron chi connectivity index (χ0n) is 13.6. The summed E-state index contributed by atoms with van der Waals surface area (Å²) in [5.74, 6) is -0.886. The second-order valence-electron chi connectivity index (χ2n) is 6.23. The Labute approximate surface area is 138 Å². The number of aromatic nitrogens is 4. The Balaban J connectivity index is 1.89. The summed E-state index contributed by atoms with van der Waals surface area (Å²) in [6.07, 6.45) is 3.31. The number of amides is 1. The quantitative estimate of drug-likeness (QED) is 0.936. The number of hydrogen-bond donors (Lipinski definition) is 1. The normalized spacial score (nSPS) is 18.2. The number of nitrogens with one attached hydrogen (secondary N) is 1. The zero-order chi connectivity index (χ0) is 17.3. The van der Waals surface area contributed by atoms with Crippen LogP contribution in [0.4, 0.5) is 8.78 Å². The van der Waals surface area contributed by atoms with E-state index in [4.69, 9.17) is 0 Å². The summed E-state index contributed by atoms with van der Waals surface area (Å²) in [4.78, 5) is 22.3. The Bertz CT molecular complexity index is 746. The van der Waals surface area contributed by atoms with Crippen LogP contribution in [-0.2, 0) is 0 Å². The molecule has 1 unspecified atom stereocenters. The Morgan fingerprint density at radius 2 is 2.17 bits per heavy atom. The standard InChI is InChI=1S/C16H19F2N5O/c1-9(2)14-20-15(22-21-14)12-5-3-4-6-23(12)16(24)13-11(18)7-10(17)8-19-13/h7-9,12H,3-6H2,1-2H3,(H,20,21,22). The minimum absolute atomic E-state index is 0.166. The lowest BCUT2D eigenvalue weighted by molar-refractivity contribution is 0.0588. The first-order chi connectivity index (χ1) is 11.5. The van der Waals surface area contributed by atoms with Gasteiger partial charge in [0.25, 0.3) is 5.91 Å². The molecule has 0 bridgehead atoms. The summed E-state index contributed by atoms with van der Waals surface area (Å²) in [6.45, 7) is 4.43. The van der Waals surface area contributed by atoms with Crippen molar-refractivity contribution in [1.29, 1.82) is 0 Å². The average molecular weight is 335 g/mol. The number of H-pyrrole nitrogens is 1. The SMILES string of the molecule is CC(C)c1n[nH]c(C2CCCCN2C(=O)c2ncc(F)cc2F)n1. The van der Waals surface area contributed by atoms with E-state index in [0.717, 1.165) is 19.0 Å². The van der Waals surface area contributed by atoms with Crippen LogP contribution in [0, 0.1) is 11.6 Å². The largest absolute Gasteiger partial charge is 0.327 e. The molecule has 2 aromatic rings. The molecule has 6 nitrogen and oxygen atoms in total. The van der Waals surface area contributed by atoms with Crippen LogP contribution in [0.3, 0.4) is 0 Å². The Morgan fingerprint density at radius 1 is 1.38 bits per heavy atom. The van der Waals surface area contributed by atoms with Gasteiger partial charge in [-0.15, -0.1) is 0 Å². The molecule has 3 heterocycles. The number of rotatable bonds is 3. The van der Waals surface area contributed by atoms with E-state index in [0.29, 0.717) is 30.7 Å². The Hall–Kier alpha value is -2.38. The molecular formula is C16H19F2N5O. The van der Waals surface area contributed by atoms with Gasteiger partial charge in [-0.2, -0.15) is 5.10 Å². The fourth-order valence-corrected chi connectivity index (χ4v) is 2.86. The number of halogens is 2. The maximum atomic E-state index is 13.9. The first kappa shape index (κ1) is 16.5. The van der Waals surface area contributed by atoms with Crippen molar-refractivity contribution in [2.75, 3.05) is 6.54 Å². The van der Waals surface area contributed by atoms with Crippen molar-refractivity contribution in [2.45, 2.75) is 45.1 Å². The van der Waals surface area contributed by atoms with E-state index in [9.17, 15) is 13.6 Å². The van der Waals surface area contributed by atoms with Gasteiger partial charge in [-0.1, -0.05) is 13.8 Å². The minimum atomic E-state index is -0.954. The molecule has 0 aliphatic carbocycles. The van der Waals surface area contributed by atoms with Gasteiger partial charge >= 0.3 is 0 Å². The van der Waals surface area contributed by atoms with Gasteiger partial charge in [0.1, 0.15) is 11.6 Å². The first-order valence-corrected chi connectivity index (χ1v) is 8.01. The van der Waals surface area contributed by atoms with Crippen molar-refractivity contribution < 1.29 is 13.6 Å². The maximum Gasteiger partial charge on any atom is 0.276 e. The van der Waals surface area contributed by atoms with E-state index in [1.165, 1.54) is 4.90 Å². The molecule has 0 radical (unpaired) electrons. The Kier molecular flexibility index (Phi) is 4.55. The lowest BCUT2D eigenvalue weighted by Crippen LogP contribution is -2.39. The van der Waals surface area contributed by atoms with Crippen LogP contribution in [0.2, 0.25) is 0 Å². The third-order valence-electron chi connectivity index (χ3n) is 4.13. The molecular weight excluding hydrogens is 316 g/mol. The third-order valence-corrected chi connectivity index (χ3v) is 4.13. The fraction of sp³-hybridized carbons (Fsp3) is 0.500. The summed E-state index contributed by atoms with van der Waals surface area (Å²) in [6, 6.07) is 0.363. The van der Waals surface area contributed by atoms with Gasteiger partial charge in [0.2, 0.25) is 0 Å². The summed E-state index contributed by atoms with van der Waals surface area (Å²) < 4.78 is 26.9. The van der Waals surface area contributed by atoms with Crippen LogP contribution < -0.4 is 0 Å². The predicted octanol–water partition coefficient (Wildman–Crippen LogP) is 2.97. The lowest BCUT2D eigenvalue weighted by atomic mass is 10.0. The molecule has 2 aromatic heterocycles. The summed E-state index contributed by atoms with van der Waals surface area (Å²) in [5, 5.41) is 7.06. The van der Waals surface area contributed by atoms with E-state index >= 15 is 0 Å². The highest BCUT2D eigenvalue weighted by atomic mass is 19.1. The number of carbonyl (C=O) groups excluding carboxylic acids is 1. The molecule has 128 valence electrons. The van der Waals surface area contributed by atoms with Crippen LogP contribution in [0.1, 0.15) is 67.2 Å². The summed E-state index contributed by atoms with van der Waals surface area (Å²) >= 11 is 0. The summed E-state index contributed by atoms with van der Waals surface area (Å²) in [5.41, 5.74) is -0.369. The second-order valence-corrected chi connectivity index (χ2v) is 6.23. The van der Waals surface area contributed by atoms with Gasteiger partial charge in [-0.05, 0) is 19.3 Å². The van der Waals surface area contributed by atoms with Gasteiger partial charge in [-0.3, -0.25) is 9.89 Å². The van der Waals surface area contributed by atoms with E-state index in [1.807, 2.05) is 13.8 Å². The number of likely N-dealkylation sites (tertiary alicyclic amines) is 1. The van der Waals surface area contributed by atoms with Crippen molar-refractivity contribution >= 4 is 5.91 Å². The van der Waals surface area contributed by atoms with E-state index in [-0.39, 0.29) is 17.7 Å². The van der Waals surface area contributed by atoms with Crippen molar-refractivity contribution in [1.82, 2.24) is 25.1 Å². The second kappa shape index (κ2) is 6.62. The molecule has 1 aliphatic rings. The van der Waals surface area contributed by atoms with Crippen LogP contribution in [0.5, 0.6) is 0 Å². The van der Waals surface area contributed by atoms with Crippen LogP contribution in [0.15, 0.2) is 12.3 Å². The highest BCUT2D eigenvalue weighted by Crippen LogP contribution is 2.30. The van der Waals surface area contributed by atoms with Crippen LogP contribution >= 0.6 is 0 Å². The Morgan fingerprint density at radius 3 is 2.83 bits per heavy atom. The first-order valence-electron chi connectivity index (χ1n) is 8.01. The molecule has 0 spiro atoms. The molecule has 1 amide bonds. The van der Waals surface area contributed by atoms with Gasteiger partial charge in [0, 0.05) is 18.5 Å². The van der Waals surface area contributed by atoms with Gasteiger partial charge in [0.05, 0.1) is 12.2 Å². The number of hydrogen-bond acceptors (Lipinski definition) is 4. The van der Waals surface area contributed by atoms with Crippen molar-refractivity contribution in [3.8, 4) is 0 Å². The monoisotopic (exact) mass is 335 g/mol. The van der Waals surface area contributed by atoms with Crippen molar-refractivity contribution in [3.63, 3.8) is 0 Å². The molecule has 1 N–H and O–H groups in total. The van der Waals surface area contributed by atoms with Crippen molar-refractivity contribution in [3.05, 3.63) is 41.2 Å². The minimum Gasteiger partial charge on any atom is -0.327 e. The highest BCUT2D eigenvalue weighted by Gasteiger charge is 2.33. The molecule has 8 heteroatoms. The molecule has 1 aliphatic heterocycles. The molecule has 1 atom stereocenters. The van der Waals surface area contributed by atoms with Gasteiger partial charge in [-0.25, -0.2) is 18.7 Å². The van der Waals surface area contributed by atoms with Gasteiger partial charge < -0.3 is 4.90 Å².